The van der Waals surface area contributed by atoms with E-state index in [2.05, 4.69) is 0 Å². The number of ether oxygens (including phenoxy) is 1. The zero-order valence-electron chi connectivity index (χ0n) is 7.75. The molecule has 1 N–H and O–H groups in total. The third-order valence-corrected chi connectivity index (χ3v) is 2.24. The third kappa shape index (κ3) is 2.14. The molecular formula is C10H13ClO2. The van der Waals surface area contributed by atoms with Crippen molar-refractivity contribution in [3.63, 3.8) is 0 Å². The zero-order valence-corrected chi connectivity index (χ0v) is 8.51. The van der Waals surface area contributed by atoms with Crippen LogP contribution in [-0.2, 0) is 0 Å². The van der Waals surface area contributed by atoms with E-state index in [0.29, 0.717) is 17.2 Å². The Balaban J connectivity index is 3.12. The molecule has 0 saturated heterocycles. The van der Waals surface area contributed by atoms with Gasteiger partial charge in [0, 0.05) is 5.56 Å². The first-order valence-corrected chi connectivity index (χ1v) is 4.59. The normalized spacial score (nSPS) is 12.6. The highest BCUT2D eigenvalue weighted by atomic mass is 35.5. The van der Waals surface area contributed by atoms with Gasteiger partial charge in [-0.25, -0.2) is 0 Å². The predicted molar refractivity (Wildman–Crippen MR) is 53.3 cm³/mol. The van der Waals surface area contributed by atoms with E-state index in [4.69, 9.17) is 16.3 Å². The SMILES string of the molecule is CCC(O)c1cccc(Cl)c1OC. The van der Waals surface area contributed by atoms with Gasteiger partial charge in [-0.2, -0.15) is 0 Å². The molecule has 1 aromatic rings. The highest BCUT2D eigenvalue weighted by molar-refractivity contribution is 6.32. The van der Waals surface area contributed by atoms with Crippen LogP contribution >= 0.6 is 11.6 Å². The Morgan fingerprint density at radius 1 is 1.54 bits per heavy atom. The van der Waals surface area contributed by atoms with Gasteiger partial charge in [-0.1, -0.05) is 30.7 Å². The Morgan fingerprint density at radius 2 is 2.23 bits per heavy atom. The van der Waals surface area contributed by atoms with Crippen molar-refractivity contribution < 1.29 is 9.84 Å². The number of aliphatic hydroxyl groups excluding tert-OH is 1. The molecule has 1 atom stereocenters. The Hall–Kier alpha value is -0.730. The number of hydrogen-bond donors (Lipinski definition) is 1. The molecule has 0 aliphatic carbocycles. The Morgan fingerprint density at radius 3 is 2.77 bits per heavy atom. The molecular weight excluding hydrogens is 188 g/mol. The van der Waals surface area contributed by atoms with Crippen LogP contribution in [-0.4, -0.2) is 12.2 Å². The van der Waals surface area contributed by atoms with Crippen LogP contribution in [0.15, 0.2) is 18.2 Å². The average Bonchev–Trinajstić information content (AvgIpc) is 2.16. The summed E-state index contributed by atoms with van der Waals surface area (Å²) in [6, 6.07) is 5.37. The van der Waals surface area contributed by atoms with Crippen LogP contribution < -0.4 is 4.74 Å². The van der Waals surface area contributed by atoms with Gasteiger partial charge in [0.15, 0.2) is 0 Å². The monoisotopic (exact) mass is 200 g/mol. The lowest BCUT2D eigenvalue weighted by Crippen LogP contribution is -1.99. The lowest BCUT2D eigenvalue weighted by Gasteiger charge is -2.13. The summed E-state index contributed by atoms with van der Waals surface area (Å²) < 4.78 is 5.11. The van der Waals surface area contributed by atoms with Crippen molar-refractivity contribution in [3.05, 3.63) is 28.8 Å². The average molecular weight is 201 g/mol. The van der Waals surface area contributed by atoms with Gasteiger partial charge in [0.25, 0.3) is 0 Å². The molecule has 0 aliphatic heterocycles. The summed E-state index contributed by atoms with van der Waals surface area (Å²) >= 11 is 5.89. The standard InChI is InChI=1S/C10H13ClO2/c1-3-9(12)7-5-4-6-8(11)10(7)13-2/h4-6,9,12H,3H2,1-2H3. The minimum atomic E-state index is -0.506. The summed E-state index contributed by atoms with van der Waals surface area (Å²) in [7, 11) is 1.55. The van der Waals surface area contributed by atoms with E-state index in [0.717, 1.165) is 5.56 Å². The third-order valence-electron chi connectivity index (χ3n) is 1.95. The molecule has 72 valence electrons. The first kappa shape index (κ1) is 10.4. The summed E-state index contributed by atoms with van der Waals surface area (Å²) in [4.78, 5) is 0. The molecule has 0 heterocycles. The molecule has 13 heavy (non-hydrogen) atoms. The number of benzene rings is 1. The molecule has 1 unspecified atom stereocenters. The first-order valence-electron chi connectivity index (χ1n) is 4.21. The molecule has 0 aliphatic rings. The Kier molecular flexibility index (Phi) is 3.58. The van der Waals surface area contributed by atoms with E-state index in [1.54, 1.807) is 19.2 Å². The maximum Gasteiger partial charge on any atom is 0.143 e. The topological polar surface area (TPSA) is 29.5 Å². The van der Waals surface area contributed by atoms with Gasteiger partial charge in [-0.15, -0.1) is 0 Å². The van der Waals surface area contributed by atoms with E-state index < -0.39 is 6.10 Å². The number of halogens is 1. The smallest absolute Gasteiger partial charge is 0.143 e. The second-order valence-corrected chi connectivity index (χ2v) is 3.19. The van der Waals surface area contributed by atoms with Crippen LogP contribution in [0.3, 0.4) is 0 Å². The number of aliphatic hydroxyl groups is 1. The largest absolute Gasteiger partial charge is 0.495 e. The van der Waals surface area contributed by atoms with Gasteiger partial charge in [0.05, 0.1) is 18.2 Å². The fraction of sp³-hybridized carbons (Fsp3) is 0.400. The lowest BCUT2D eigenvalue weighted by molar-refractivity contribution is 0.169. The number of rotatable bonds is 3. The molecule has 0 radical (unpaired) electrons. The quantitative estimate of drug-likeness (QED) is 0.813. The van der Waals surface area contributed by atoms with Gasteiger partial charge in [0.2, 0.25) is 0 Å². The molecule has 0 bridgehead atoms. The summed E-state index contributed by atoms with van der Waals surface area (Å²) in [5.41, 5.74) is 0.748. The van der Waals surface area contributed by atoms with E-state index in [1.807, 2.05) is 13.0 Å². The number of para-hydroxylation sites is 1. The van der Waals surface area contributed by atoms with E-state index in [1.165, 1.54) is 0 Å². The molecule has 3 heteroatoms. The summed E-state index contributed by atoms with van der Waals surface area (Å²) in [6.45, 7) is 1.91. The van der Waals surface area contributed by atoms with E-state index in [9.17, 15) is 5.11 Å². The molecule has 0 saturated carbocycles. The van der Waals surface area contributed by atoms with Crippen LogP contribution in [0.25, 0.3) is 0 Å². The Bertz CT molecular complexity index is 286. The van der Waals surface area contributed by atoms with Crippen LogP contribution in [0.1, 0.15) is 25.0 Å². The molecule has 1 aromatic carbocycles. The summed E-state index contributed by atoms with van der Waals surface area (Å²) in [5.74, 6) is 0.568. The van der Waals surface area contributed by atoms with Crippen molar-refractivity contribution >= 4 is 11.6 Å². The molecule has 0 fully saturated rings. The minimum Gasteiger partial charge on any atom is -0.495 e. The number of methoxy groups -OCH3 is 1. The van der Waals surface area contributed by atoms with Crippen molar-refractivity contribution in [3.8, 4) is 5.75 Å². The molecule has 0 aromatic heterocycles. The van der Waals surface area contributed by atoms with Crippen molar-refractivity contribution in [2.45, 2.75) is 19.4 Å². The fourth-order valence-corrected chi connectivity index (χ4v) is 1.48. The highest BCUT2D eigenvalue weighted by Gasteiger charge is 2.13. The van der Waals surface area contributed by atoms with Crippen molar-refractivity contribution in [1.82, 2.24) is 0 Å². The van der Waals surface area contributed by atoms with Gasteiger partial charge in [-0.3, -0.25) is 0 Å². The van der Waals surface area contributed by atoms with Crippen molar-refractivity contribution in [2.75, 3.05) is 7.11 Å². The van der Waals surface area contributed by atoms with Crippen LogP contribution in [0, 0.1) is 0 Å². The molecule has 2 nitrogen and oxygen atoms in total. The van der Waals surface area contributed by atoms with Crippen LogP contribution in [0.2, 0.25) is 5.02 Å². The zero-order chi connectivity index (χ0) is 9.84. The van der Waals surface area contributed by atoms with Gasteiger partial charge in [0.1, 0.15) is 5.75 Å². The maximum atomic E-state index is 9.63. The minimum absolute atomic E-state index is 0.506. The molecule has 0 spiro atoms. The highest BCUT2D eigenvalue weighted by Crippen LogP contribution is 2.33. The van der Waals surface area contributed by atoms with E-state index >= 15 is 0 Å². The Labute approximate surface area is 83.1 Å². The molecule has 1 rings (SSSR count). The van der Waals surface area contributed by atoms with Gasteiger partial charge in [-0.05, 0) is 12.5 Å². The van der Waals surface area contributed by atoms with Gasteiger partial charge >= 0.3 is 0 Å². The first-order chi connectivity index (χ1) is 6.20. The second-order valence-electron chi connectivity index (χ2n) is 2.79. The van der Waals surface area contributed by atoms with Crippen LogP contribution in [0.5, 0.6) is 5.75 Å². The molecule has 0 amide bonds. The summed E-state index contributed by atoms with van der Waals surface area (Å²) in [5, 5.41) is 10.2. The van der Waals surface area contributed by atoms with Crippen molar-refractivity contribution in [1.29, 1.82) is 0 Å². The number of hydrogen-bond acceptors (Lipinski definition) is 2. The fourth-order valence-electron chi connectivity index (χ4n) is 1.22. The second kappa shape index (κ2) is 4.49. The van der Waals surface area contributed by atoms with Crippen molar-refractivity contribution in [2.24, 2.45) is 0 Å². The van der Waals surface area contributed by atoms with E-state index in [-0.39, 0.29) is 0 Å². The summed E-state index contributed by atoms with van der Waals surface area (Å²) in [6.07, 6.45) is 0.144. The van der Waals surface area contributed by atoms with Crippen LogP contribution in [0.4, 0.5) is 0 Å². The maximum absolute atomic E-state index is 9.63. The lowest BCUT2D eigenvalue weighted by atomic mass is 10.1. The van der Waals surface area contributed by atoms with Gasteiger partial charge < -0.3 is 9.84 Å². The predicted octanol–water partition coefficient (Wildman–Crippen LogP) is 2.79.